The number of hydrogen-bond donors (Lipinski definition) is 0. The molecule has 0 unspecified atom stereocenters. The fraction of sp³-hybridized carbons (Fsp3) is 0.500. The van der Waals surface area contributed by atoms with Crippen LogP contribution in [0.4, 0.5) is 0 Å². The number of hydrogen-bond acceptors (Lipinski definition) is 4. The van der Waals surface area contributed by atoms with Crippen molar-refractivity contribution in [3.05, 3.63) is 23.8 Å². The Kier molecular flexibility index (Phi) is 3.84. The Bertz CT molecular complexity index is 510. The summed E-state index contributed by atoms with van der Waals surface area (Å²) in [6, 6.07) is 7.52. The number of nitrogens with zero attached hydrogens (tertiary/aromatic N) is 1. The molecule has 2 rings (SSSR count). The Morgan fingerprint density at radius 1 is 1.47 bits per heavy atom. The van der Waals surface area contributed by atoms with Gasteiger partial charge in [-0.1, -0.05) is 6.07 Å². The second-order valence-corrected chi connectivity index (χ2v) is 5.43. The number of rotatable bonds is 2. The zero-order chi connectivity index (χ0) is 14.0. The monoisotopic (exact) mass is 259 g/mol. The van der Waals surface area contributed by atoms with Crippen molar-refractivity contribution >= 4 is 12.6 Å². The van der Waals surface area contributed by atoms with Gasteiger partial charge in [-0.25, -0.2) is 0 Å². The zero-order valence-electron chi connectivity index (χ0n) is 11.8. The summed E-state index contributed by atoms with van der Waals surface area (Å²) in [6.07, 6.45) is 0.934. The highest BCUT2D eigenvalue weighted by atomic mass is 16.6. The van der Waals surface area contributed by atoms with Gasteiger partial charge in [-0.3, -0.25) is 0 Å². The van der Waals surface area contributed by atoms with E-state index in [1.807, 2.05) is 32.9 Å². The molecule has 0 saturated carbocycles. The Labute approximate surface area is 114 Å². The van der Waals surface area contributed by atoms with E-state index in [4.69, 9.17) is 14.0 Å². The molecule has 1 heterocycles. The summed E-state index contributed by atoms with van der Waals surface area (Å²) in [7, 11) is 1.08. The Balaban J connectivity index is 2.33. The summed E-state index contributed by atoms with van der Waals surface area (Å²) in [5, 5.41) is 9.25. The van der Waals surface area contributed by atoms with Crippen LogP contribution < -0.4 is 10.2 Å². The molecule has 1 atom stereocenters. The quantitative estimate of drug-likeness (QED) is 0.761. The van der Waals surface area contributed by atoms with Crippen LogP contribution in [0.3, 0.4) is 0 Å². The molecule has 1 aliphatic heterocycles. The minimum absolute atomic E-state index is 0.0994. The van der Waals surface area contributed by atoms with E-state index >= 15 is 0 Å². The maximum atomic E-state index is 9.25. The first kappa shape index (κ1) is 13.9. The smallest absolute Gasteiger partial charge is 0.495 e. The predicted molar refractivity (Wildman–Crippen MR) is 73.4 cm³/mol. The van der Waals surface area contributed by atoms with E-state index in [9.17, 15) is 5.26 Å². The van der Waals surface area contributed by atoms with E-state index in [1.165, 1.54) is 0 Å². The van der Waals surface area contributed by atoms with Gasteiger partial charge in [0.2, 0.25) is 0 Å². The topological polar surface area (TPSA) is 51.5 Å². The lowest BCUT2D eigenvalue weighted by molar-refractivity contribution is -0.0229. The Morgan fingerprint density at radius 2 is 2.21 bits per heavy atom. The lowest BCUT2D eigenvalue weighted by Gasteiger charge is -2.38. The molecule has 1 saturated heterocycles. The fourth-order valence-corrected chi connectivity index (χ4v) is 2.42. The van der Waals surface area contributed by atoms with E-state index < -0.39 is 7.12 Å². The predicted octanol–water partition coefficient (Wildman–Crippen LogP) is 1.87. The summed E-state index contributed by atoms with van der Waals surface area (Å²) < 4.78 is 16.9. The Hall–Kier alpha value is -1.51. The van der Waals surface area contributed by atoms with E-state index in [0.29, 0.717) is 11.3 Å². The second kappa shape index (κ2) is 5.24. The molecular weight excluding hydrogens is 241 g/mol. The molecule has 0 bridgehead atoms. The lowest BCUT2D eigenvalue weighted by Crippen LogP contribution is -2.52. The van der Waals surface area contributed by atoms with Gasteiger partial charge in [-0.15, -0.1) is 0 Å². The first-order chi connectivity index (χ1) is 8.95. The average molecular weight is 259 g/mol. The van der Waals surface area contributed by atoms with Crippen LogP contribution in [0, 0.1) is 11.3 Å². The van der Waals surface area contributed by atoms with E-state index in [0.717, 1.165) is 11.9 Å². The van der Waals surface area contributed by atoms with Gasteiger partial charge < -0.3 is 14.0 Å². The summed E-state index contributed by atoms with van der Waals surface area (Å²) >= 11 is 0. The number of nitriles is 1. The molecule has 1 aliphatic rings. The third kappa shape index (κ3) is 3.09. The molecule has 19 heavy (non-hydrogen) atoms. The average Bonchev–Trinajstić information content (AvgIpc) is 2.35. The first-order valence-corrected chi connectivity index (χ1v) is 6.36. The van der Waals surface area contributed by atoms with Gasteiger partial charge in [0.05, 0.1) is 24.3 Å². The number of methoxy groups -OCH3 is 1. The van der Waals surface area contributed by atoms with Crippen molar-refractivity contribution in [2.45, 2.75) is 38.9 Å². The summed E-state index contributed by atoms with van der Waals surface area (Å²) in [4.78, 5) is 0. The van der Waals surface area contributed by atoms with Crippen molar-refractivity contribution in [1.29, 1.82) is 5.26 Å². The van der Waals surface area contributed by atoms with Crippen molar-refractivity contribution in [3.8, 4) is 11.8 Å². The minimum atomic E-state index is -0.501. The van der Waals surface area contributed by atoms with Crippen LogP contribution in [-0.4, -0.2) is 25.9 Å². The van der Waals surface area contributed by atoms with Crippen LogP contribution in [0.1, 0.15) is 32.8 Å². The molecule has 1 fully saturated rings. The van der Waals surface area contributed by atoms with Crippen molar-refractivity contribution in [1.82, 2.24) is 0 Å². The summed E-state index contributed by atoms with van der Waals surface area (Å²) in [6.45, 7) is 6.09. The molecule has 0 aromatic heterocycles. The van der Waals surface area contributed by atoms with Crippen molar-refractivity contribution in [3.63, 3.8) is 0 Å². The SMILES string of the molecule is COc1ccc(B2O[C@H](C)CC(C)(C)O2)c(C#N)c1. The third-order valence-electron chi connectivity index (χ3n) is 3.20. The minimum Gasteiger partial charge on any atom is -0.497 e. The maximum Gasteiger partial charge on any atom is 0.495 e. The molecule has 1 aromatic carbocycles. The van der Waals surface area contributed by atoms with Crippen LogP contribution >= 0.6 is 0 Å². The van der Waals surface area contributed by atoms with Crippen molar-refractivity contribution in [2.75, 3.05) is 7.11 Å². The number of ether oxygens (including phenoxy) is 1. The van der Waals surface area contributed by atoms with Gasteiger partial charge >= 0.3 is 7.12 Å². The van der Waals surface area contributed by atoms with Crippen LogP contribution in [0.25, 0.3) is 0 Å². The van der Waals surface area contributed by atoms with Crippen LogP contribution in [-0.2, 0) is 9.31 Å². The summed E-state index contributed by atoms with van der Waals surface area (Å²) in [5.74, 6) is 0.656. The highest BCUT2D eigenvalue weighted by molar-refractivity contribution is 6.62. The molecular formula is C14H18BNO3. The zero-order valence-corrected chi connectivity index (χ0v) is 11.8. The van der Waals surface area contributed by atoms with Gasteiger partial charge in [0.25, 0.3) is 0 Å². The lowest BCUT2D eigenvalue weighted by atomic mass is 9.72. The third-order valence-corrected chi connectivity index (χ3v) is 3.20. The molecule has 1 aromatic rings. The van der Waals surface area contributed by atoms with Gasteiger partial charge in [-0.2, -0.15) is 5.26 Å². The normalized spacial score (nSPS) is 21.8. The van der Waals surface area contributed by atoms with E-state index in [1.54, 1.807) is 13.2 Å². The molecule has 5 heteroatoms. The largest absolute Gasteiger partial charge is 0.497 e. The van der Waals surface area contributed by atoms with Crippen molar-refractivity contribution < 1.29 is 14.0 Å². The van der Waals surface area contributed by atoms with Gasteiger partial charge in [0, 0.05) is 11.6 Å². The van der Waals surface area contributed by atoms with Gasteiger partial charge in [-0.05, 0) is 39.3 Å². The highest BCUT2D eigenvalue weighted by Gasteiger charge is 2.39. The van der Waals surface area contributed by atoms with Crippen LogP contribution in [0.5, 0.6) is 5.75 Å². The summed E-state index contributed by atoms with van der Waals surface area (Å²) in [5.41, 5.74) is 1.02. The fourth-order valence-electron chi connectivity index (χ4n) is 2.42. The molecule has 0 aliphatic carbocycles. The van der Waals surface area contributed by atoms with Crippen LogP contribution in [0.2, 0.25) is 0 Å². The highest BCUT2D eigenvalue weighted by Crippen LogP contribution is 2.26. The molecule has 4 nitrogen and oxygen atoms in total. The molecule has 0 spiro atoms. The van der Waals surface area contributed by atoms with Crippen LogP contribution in [0.15, 0.2) is 18.2 Å². The maximum absolute atomic E-state index is 9.25. The molecule has 100 valence electrons. The second-order valence-electron chi connectivity index (χ2n) is 5.43. The van der Waals surface area contributed by atoms with E-state index in [2.05, 4.69) is 6.07 Å². The van der Waals surface area contributed by atoms with Gasteiger partial charge in [0.15, 0.2) is 0 Å². The standard InChI is InChI=1S/C14H18BNO3/c1-10-8-14(2,3)19-15(18-10)13-6-5-12(17-4)7-11(13)9-16/h5-7,10H,8H2,1-4H3/t10-/m1/s1. The Morgan fingerprint density at radius 3 is 2.79 bits per heavy atom. The molecule has 0 N–H and O–H groups in total. The molecule has 0 amide bonds. The van der Waals surface area contributed by atoms with Gasteiger partial charge in [0.1, 0.15) is 5.75 Å². The van der Waals surface area contributed by atoms with E-state index in [-0.39, 0.29) is 11.7 Å². The number of benzene rings is 1. The first-order valence-electron chi connectivity index (χ1n) is 6.36. The molecule has 0 radical (unpaired) electrons. The van der Waals surface area contributed by atoms with Crippen molar-refractivity contribution in [2.24, 2.45) is 0 Å².